The van der Waals surface area contributed by atoms with Gasteiger partial charge in [0, 0.05) is 38.8 Å². The van der Waals surface area contributed by atoms with E-state index in [1.54, 1.807) is 0 Å². The summed E-state index contributed by atoms with van der Waals surface area (Å²) in [7, 11) is 0. The van der Waals surface area contributed by atoms with Crippen LogP contribution in [-0.4, -0.2) is 0 Å². The highest BCUT2D eigenvalue weighted by atomic mass is 16.5. The number of anilines is 3. The van der Waals surface area contributed by atoms with Gasteiger partial charge in [0.1, 0.15) is 11.5 Å². The lowest BCUT2D eigenvalue weighted by molar-refractivity contribution is 0.447. The Morgan fingerprint density at radius 1 is 0.292 bits per heavy atom. The first-order chi connectivity index (χ1) is 32.3. The van der Waals surface area contributed by atoms with Crippen molar-refractivity contribution in [1.29, 1.82) is 0 Å². The summed E-state index contributed by atoms with van der Waals surface area (Å²) >= 11 is 0. The summed E-state index contributed by atoms with van der Waals surface area (Å²) in [5, 5.41) is 4.57. The highest BCUT2D eigenvalue weighted by Crippen LogP contribution is 2.65. The van der Waals surface area contributed by atoms with E-state index in [0.717, 1.165) is 55.7 Å². The second-order valence-corrected chi connectivity index (χ2v) is 17.1. The molecular formula is C63H41NO. The second-order valence-electron chi connectivity index (χ2n) is 17.1. The Balaban J connectivity index is 1.00. The largest absolute Gasteiger partial charge is 0.455 e. The predicted octanol–water partition coefficient (Wildman–Crippen LogP) is 16.9. The topological polar surface area (TPSA) is 12.5 Å². The van der Waals surface area contributed by atoms with E-state index >= 15 is 0 Å². The Morgan fingerprint density at radius 2 is 0.754 bits per heavy atom. The Kier molecular flexibility index (Phi) is 8.47. The number of para-hydroxylation sites is 1. The molecule has 0 atom stereocenters. The molecule has 0 saturated heterocycles. The van der Waals surface area contributed by atoms with Crippen LogP contribution in [0.15, 0.2) is 249 Å². The third-order valence-electron chi connectivity index (χ3n) is 13.7. The zero-order valence-corrected chi connectivity index (χ0v) is 35.5. The molecule has 0 unspecified atom stereocenters. The summed E-state index contributed by atoms with van der Waals surface area (Å²) in [5.41, 5.74) is 17.2. The third-order valence-corrected chi connectivity index (χ3v) is 13.7. The van der Waals surface area contributed by atoms with Gasteiger partial charge in [-0.15, -0.1) is 0 Å². The minimum atomic E-state index is -0.608. The zero-order valence-electron chi connectivity index (χ0n) is 35.5. The molecule has 2 heteroatoms. The van der Waals surface area contributed by atoms with Crippen LogP contribution >= 0.6 is 0 Å². The van der Waals surface area contributed by atoms with Crippen molar-refractivity contribution in [3.05, 3.63) is 271 Å². The summed E-state index contributed by atoms with van der Waals surface area (Å²) in [6.45, 7) is 0. The van der Waals surface area contributed by atoms with Crippen LogP contribution in [0.1, 0.15) is 22.3 Å². The third kappa shape index (κ3) is 5.67. The van der Waals surface area contributed by atoms with Crippen LogP contribution in [0.2, 0.25) is 0 Å². The van der Waals surface area contributed by atoms with Gasteiger partial charge in [0.05, 0.1) is 11.1 Å². The van der Waals surface area contributed by atoms with Gasteiger partial charge in [0.25, 0.3) is 0 Å². The van der Waals surface area contributed by atoms with Crippen LogP contribution in [0, 0.1) is 0 Å². The Bertz CT molecular complexity index is 3530. The molecule has 0 radical (unpaired) electrons. The van der Waals surface area contributed by atoms with Crippen molar-refractivity contribution in [2.45, 2.75) is 5.41 Å². The maximum absolute atomic E-state index is 7.21. The first kappa shape index (κ1) is 37.1. The molecule has 2 aliphatic rings. The second kappa shape index (κ2) is 14.8. The minimum absolute atomic E-state index is 0.608. The van der Waals surface area contributed by atoms with E-state index in [4.69, 9.17) is 4.74 Å². The van der Waals surface area contributed by atoms with Crippen molar-refractivity contribution >= 4 is 38.6 Å². The van der Waals surface area contributed by atoms with Gasteiger partial charge in [-0.25, -0.2) is 0 Å². The van der Waals surface area contributed by atoms with Crippen molar-refractivity contribution < 1.29 is 4.74 Å². The monoisotopic (exact) mass is 827 g/mol. The number of fused-ring (bicyclic) bond motifs is 13. The molecule has 0 aromatic heterocycles. The minimum Gasteiger partial charge on any atom is -0.455 e. The van der Waals surface area contributed by atoms with Gasteiger partial charge in [0.15, 0.2) is 0 Å². The highest BCUT2D eigenvalue weighted by Gasteiger charge is 2.52. The summed E-state index contributed by atoms with van der Waals surface area (Å²) < 4.78 is 7.21. The number of nitrogens with zero attached hydrogens (tertiary/aromatic N) is 1. The normalized spacial score (nSPS) is 12.9. The molecule has 1 aliphatic carbocycles. The first-order valence-corrected chi connectivity index (χ1v) is 22.4. The quantitative estimate of drug-likeness (QED) is 0.166. The van der Waals surface area contributed by atoms with Gasteiger partial charge in [-0.05, 0) is 91.2 Å². The number of hydrogen-bond donors (Lipinski definition) is 0. The van der Waals surface area contributed by atoms with E-state index in [9.17, 15) is 0 Å². The Hall–Kier alpha value is -8.46. The van der Waals surface area contributed by atoms with Crippen LogP contribution in [0.25, 0.3) is 66.1 Å². The number of ether oxygens (including phenoxy) is 1. The summed E-state index contributed by atoms with van der Waals surface area (Å²) in [6, 6.07) is 90.5. The van der Waals surface area contributed by atoms with Crippen LogP contribution in [-0.2, 0) is 5.41 Å². The lowest BCUT2D eigenvalue weighted by Gasteiger charge is -2.40. The molecule has 11 aromatic rings. The molecule has 1 spiro atoms. The first-order valence-electron chi connectivity index (χ1n) is 22.4. The summed E-state index contributed by atoms with van der Waals surface area (Å²) in [5.74, 6) is 1.86. The Morgan fingerprint density at radius 3 is 1.40 bits per heavy atom. The molecule has 2 nitrogen and oxygen atoms in total. The fourth-order valence-corrected chi connectivity index (χ4v) is 10.9. The highest BCUT2D eigenvalue weighted by molar-refractivity contribution is 6.02. The van der Waals surface area contributed by atoms with Gasteiger partial charge in [-0.2, -0.15) is 0 Å². The average Bonchev–Trinajstić information content (AvgIpc) is 3.68. The van der Waals surface area contributed by atoms with E-state index < -0.39 is 5.41 Å². The Labute approximate surface area is 378 Å². The van der Waals surface area contributed by atoms with Gasteiger partial charge < -0.3 is 9.64 Å². The molecule has 304 valence electrons. The molecule has 0 saturated carbocycles. The van der Waals surface area contributed by atoms with E-state index in [2.05, 4.69) is 254 Å². The smallest absolute Gasteiger partial charge is 0.140 e. The lowest BCUT2D eigenvalue weighted by atomic mass is 9.65. The summed E-state index contributed by atoms with van der Waals surface area (Å²) in [6.07, 6.45) is 0. The number of benzene rings is 11. The van der Waals surface area contributed by atoms with E-state index in [1.165, 1.54) is 61.2 Å². The van der Waals surface area contributed by atoms with Crippen molar-refractivity contribution in [3.63, 3.8) is 0 Å². The SMILES string of the molecule is c1ccc(-c2ccc(N(c3ccc(-c4cccc5c4-c4ccccc4C54c5ccc6ccccc6c5Oc5c4ccc4ccccc54)cc3)c3ccccc3-c3ccccc3)cc2)cc1. The van der Waals surface area contributed by atoms with E-state index in [-0.39, 0.29) is 0 Å². The van der Waals surface area contributed by atoms with E-state index in [0.29, 0.717) is 0 Å². The molecule has 65 heavy (non-hydrogen) atoms. The maximum Gasteiger partial charge on any atom is 0.140 e. The van der Waals surface area contributed by atoms with Gasteiger partial charge in [-0.1, -0.05) is 218 Å². The molecule has 0 N–H and O–H groups in total. The predicted molar refractivity (Wildman–Crippen MR) is 270 cm³/mol. The van der Waals surface area contributed by atoms with Crippen LogP contribution in [0.4, 0.5) is 17.1 Å². The van der Waals surface area contributed by atoms with Gasteiger partial charge in [0.2, 0.25) is 0 Å². The summed E-state index contributed by atoms with van der Waals surface area (Å²) in [4.78, 5) is 2.39. The zero-order chi connectivity index (χ0) is 42.9. The van der Waals surface area contributed by atoms with Crippen molar-refractivity contribution in [2.75, 3.05) is 4.90 Å². The fraction of sp³-hybridized carbons (Fsp3) is 0.0159. The lowest BCUT2D eigenvalue weighted by Crippen LogP contribution is -2.32. The van der Waals surface area contributed by atoms with Gasteiger partial charge in [-0.3, -0.25) is 0 Å². The molecule has 0 amide bonds. The molecule has 0 fully saturated rings. The molecule has 0 bridgehead atoms. The molecule has 1 aliphatic heterocycles. The van der Waals surface area contributed by atoms with Crippen LogP contribution in [0.5, 0.6) is 11.5 Å². The standard InChI is InChI=1S/C63H41NO/c1-3-16-42(17-4-1)43-30-36-48(37-31-43)64(59-29-14-12-22-50(59)44-18-5-2-6-19-44)49-38-32-47(33-39-49)51-26-15-28-56-60(51)54-25-11-13-27-55(54)63(56)57-40-34-45-20-7-9-23-52(45)61(57)65-62-53-24-10-8-21-46(53)35-41-58(62)63/h1-41H. The fourth-order valence-electron chi connectivity index (χ4n) is 10.9. The maximum atomic E-state index is 7.21. The molecule has 1 heterocycles. The average molecular weight is 828 g/mol. The van der Waals surface area contributed by atoms with Crippen molar-refractivity contribution in [3.8, 4) is 56.0 Å². The number of hydrogen-bond acceptors (Lipinski definition) is 2. The van der Waals surface area contributed by atoms with E-state index in [1.807, 2.05) is 0 Å². The molecule has 11 aromatic carbocycles. The molecular weight excluding hydrogens is 787 g/mol. The van der Waals surface area contributed by atoms with Crippen molar-refractivity contribution in [1.82, 2.24) is 0 Å². The number of rotatable bonds is 6. The molecule has 13 rings (SSSR count). The van der Waals surface area contributed by atoms with Gasteiger partial charge >= 0.3 is 0 Å². The van der Waals surface area contributed by atoms with Crippen molar-refractivity contribution in [2.24, 2.45) is 0 Å². The van der Waals surface area contributed by atoms with Crippen LogP contribution in [0.3, 0.4) is 0 Å². The van der Waals surface area contributed by atoms with Crippen LogP contribution < -0.4 is 9.64 Å².